The van der Waals surface area contributed by atoms with Crippen molar-refractivity contribution in [3.8, 4) is 0 Å². The first-order valence-electron chi connectivity index (χ1n) is 3.82. The Morgan fingerprint density at radius 3 is 2.10 bits per heavy atom. The molecule has 1 atom stereocenters. The quantitative estimate of drug-likeness (QED) is 0.525. The van der Waals surface area contributed by atoms with Gasteiger partial charge in [0.1, 0.15) is 0 Å². The van der Waals surface area contributed by atoms with Crippen LogP contribution in [0.4, 0.5) is 0 Å². The summed E-state index contributed by atoms with van der Waals surface area (Å²) >= 11 is 0. The van der Waals surface area contributed by atoms with Crippen molar-refractivity contribution in [3.05, 3.63) is 0 Å². The van der Waals surface area contributed by atoms with Gasteiger partial charge in [-0.3, -0.25) is 0 Å². The van der Waals surface area contributed by atoms with Crippen LogP contribution in [0.15, 0.2) is 0 Å². The third kappa shape index (κ3) is 10.8. The Morgan fingerprint density at radius 2 is 1.80 bits per heavy atom. The number of hydrogen-bond donors (Lipinski definition) is 3. The van der Waals surface area contributed by atoms with E-state index in [1.54, 1.807) is 0 Å². The highest BCUT2D eigenvalue weighted by molar-refractivity contribution is 4.56. The standard InChI is InChI=1S/C7H17N.H3NO/c1-3-5-6-7(8)4-2;1-2/h7H,3-6,8H2,1-2H3;2H,1H2. The predicted molar refractivity (Wildman–Crippen MR) is 43.8 cm³/mol. The Labute approximate surface area is 63.4 Å². The first-order chi connectivity index (χ1) is 4.81. The molecule has 0 aliphatic carbocycles. The van der Waals surface area contributed by atoms with Crippen LogP contribution >= 0.6 is 0 Å². The van der Waals surface area contributed by atoms with Crippen molar-refractivity contribution in [3.63, 3.8) is 0 Å². The zero-order valence-electron chi connectivity index (χ0n) is 7.01. The molecule has 0 saturated heterocycles. The van der Waals surface area contributed by atoms with Crippen molar-refractivity contribution >= 4 is 0 Å². The molecule has 0 aromatic rings. The van der Waals surface area contributed by atoms with Crippen LogP contribution in [0.3, 0.4) is 0 Å². The van der Waals surface area contributed by atoms with Gasteiger partial charge in [-0.2, -0.15) is 0 Å². The summed E-state index contributed by atoms with van der Waals surface area (Å²) in [5.41, 5.74) is 5.66. The highest BCUT2D eigenvalue weighted by Crippen LogP contribution is 1.99. The van der Waals surface area contributed by atoms with E-state index in [1.807, 2.05) is 0 Å². The van der Waals surface area contributed by atoms with Crippen LogP contribution in [0.2, 0.25) is 0 Å². The van der Waals surface area contributed by atoms with Gasteiger partial charge >= 0.3 is 0 Å². The van der Waals surface area contributed by atoms with Gasteiger partial charge in [-0.15, -0.1) is 0 Å². The summed E-state index contributed by atoms with van der Waals surface area (Å²) in [4.78, 5) is 0. The molecule has 10 heavy (non-hydrogen) atoms. The Morgan fingerprint density at radius 1 is 1.30 bits per heavy atom. The van der Waals surface area contributed by atoms with Crippen LogP contribution < -0.4 is 11.6 Å². The first kappa shape index (κ1) is 12.5. The lowest BCUT2D eigenvalue weighted by Gasteiger charge is -2.04. The lowest BCUT2D eigenvalue weighted by Crippen LogP contribution is -2.17. The minimum Gasteiger partial charge on any atom is -0.328 e. The number of nitrogens with two attached hydrogens (primary N) is 2. The second kappa shape index (κ2) is 11.6. The maximum absolute atomic E-state index is 6.50. The van der Waals surface area contributed by atoms with E-state index in [0.29, 0.717) is 6.04 Å². The van der Waals surface area contributed by atoms with Crippen molar-refractivity contribution in [1.29, 1.82) is 0 Å². The third-order valence-electron chi connectivity index (χ3n) is 1.45. The van der Waals surface area contributed by atoms with Crippen LogP contribution in [-0.2, 0) is 0 Å². The molecule has 5 N–H and O–H groups in total. The molecule has 0 aliphatic heterocycles. The molecule has 1 unspecified atom stereocenters. The van der Waals surface area contributed by atoms with Gasteiger partial charge in [-0.05, 0) is 12.8 Å². The van der Waals surface area contributed by atoms with Crippen molar-refractivity contribution in [2.75, 3.05) is 0 Å². The maximum Gasteiger partial charge on any atom is 0.00362 e. The third-order valence-corrected chi connectivity index (χ3v) is 1.45. The van der Waals surface area contributed by atoms with E-state index in [2.05, 4.69) is 19.7 Å². The number of unbranched alkanes of at least 4 members (excludes halogenated alkanes) is 1. The SMILES string of the molecule is CCCCC(N)CC.NO. The molecular formula is C7H20N2O. The van der Waals surface area contributed by atoms with Crippen molar-refractivity contribution < 1.29 is 5.21 Å². The Kier molecular flexibility index (Phi) is 14.6. The average Bonchev–Trinajstić information content (AvgIpc) is 2.04. The topological polar surface area (TPSA) is 72.3 Å². The Balaban J connectivity index is 0. The monoisotopic (exact) mass is 148 g/mol. The van der Waals surface area contributed by atoms with Gasteiger partial charge in [0.05, 0.1) is 0 Å². The molecule has 0 bridgehead atoms. The molecule has 0 aliphatic rings. The lowest BCUT2D eigenvalue weighted by atomic mass is 10.1. The van der Waals surface area contributed by atoms with Crippen molar-refractivity contribution in [2.24, 2.45) is 11.6 Å². The van der Waals surface area contributed by atoms with Gasteiger partial charge < -0.3 is 10.9 Å². The molecule has 64 valence electrons. The summed E-state index contributed by atoms with van der Waals surface area (Å²) < 4.78 is 0. The van der Waals surface area contributed by atoms with Crippen molar-refractivity contribution in [2.45, 2.75) is 45.6 Å². The number of hydrogen-bond acceptors (Lipinski definition) is 3. The number of rotatable bonds is 4. The van der Waals surface area contributed by atoms with Crippen LogP contribution in [0, 0.1) is 0 Å². The molecule has 0 amide bonds. The molecule has 0 heterocycles. The second-order valence-corrected chi connectivity index (χ2v) is 2.31. The van der Waals surface area contributed by atoms with Crippen molar-refractivity contribution in [1.82, 2.24) is 0 Å². The molecule has 0 spiro atoms. The van der Waals surface area contributed by atoms with E-state index < -0.39 is 0 Å². The maximum atomic E-state index is 6.50. The Bertz CT molecular complexity index is 50.9. The highest BCUT2D eigenvalue weighted by atomic mass is 16.4. The predicted octanol–water partition coefficient (Wildman–Crippen LogP) is 1.25. The molecule has 3 nitrogen and oxygen atoms in total. The molecule has 0 fully saturated rings. The van der Waals surface area contributed by atoms with E-state index in [9.17, 15) is 0 Å². The summed E-state index contributed by atoms with van der Waals surface area (Å²) in [6, 6.07) is 0.454. The van der Waals surface area contributed by atoms with Gasteiger partial charge in [0.25, 0.3) is 0 Å². The van der Waals surface area contributed by atoms with E-state index in [0.717, 1.165) is 6.42 Å². The molecule has 3 heteroatoms. The molecule has 0 radical (unpaired) electrons. The fourth-order valence-corrected chi connectivity index (χ4v) is 0.670. The summed E-state index contributed by atoms with van der Waals surface area (Å²) in [6.07, 6.45) is 4.88. The van der Waals surface area contributed by atoms with E-state index >= 15 is 0 Å². The average molecular weight is 148 g/mol. The fourth-order valence-electron chi connectivity index (χ4n) is 0.670. The summed E-state index contributed by atoms with van der Waals surface area (Å²) in [5.74, 6) is 3.50. The first-order valence-corrected chi connectivity index (χ1v) is 3.82. The minimum atomic E-state index is 0.454. The molecule has 0 aromatic carbocycles. The molecular weight excluding hydrogens is 128 g/mol. The highest BCUT2D eigenvalue weighted by Gasteiger charge is 1.94. The summed E-state index contributed by atoms with van der Waals surface area (Å²) in [5, 5.41) is 6.50. The summed E-state index contributed by atoms with van der Waals surface area (Å²) in [7, 11) is 0. The van der Waals surface area contributed by atoms with Gasteiger partial charge in [0, 0.05) is 6.04 Å². The van der Waals surface area contributed by atoms with E-state index in [4.69, 9.17) is 10.9 Å². The van der Waals surface area contributed by atoms with Gasteiger partial charge in [0.15, 0.2) is 0 Å². The molecule has 0 aromatic heterocycles. The fraction of sp³-hybridized carbons (Fsp3) is 1.00. The van der Waals surface area contributed by atoms with Gasteiger partial charge in [-0.1, -0.05) is 26.7 Å². The van der Waals surface area contributed by atoms with E-state index in [-0.39, 0.29) is 0 Å². The molecule has 0 saturated carbocycles. The van der Waals surface area contributed by atoms with E-state index in [1.165, 1.54) is 19.3 Å². The van der Waals surface area contributed by atoms with Gasteiger partial charge in [-0.25, -0.2) is 5.90 Å². The van der Waals surface area contributed by atoms with Crippen LogP contribution in [0.25, 0.3) is 0 Å². The van der Waals surface area contributed by atoms with Crippen LogP contribution in [0.5, 0.6) is 0 Å². The molecule has 0 rings (SSSR count). The second-order valence-electron chi connectivity index (χ2n) is 2.31. The summed E-state index contributed by atoms with van der Waals surface area (Å²) in [6.45, 7) is 4.34. The zero-order chi connectivity index (χ0) is 8.41. The largest absolute Gasteiger partial charge is 0.328 e. The van der Waals surface area contributed by atoms with Gasteiger partial charge in [0.2, 0.25) is 0 Å². The normalized spacial score (nSPS) is 11.7. The van der Waals surface area contributed by atoms with Crippen LogP contribution in [-0.4, -0.2) is 11.2 Å². The minimum absolute atomic E-state index is 0.454. The van der Waals surface area contributed by atoms with Crippen LogP contribution in [0.1, 0.15) is 39.5 Å². The Hall–Kier alpha value is -0.120. The smallest absolute Gasteiger partial charge is 0.00362 e. The lowest BCUT2D eigenvalue weighted by molar-refractivity contribution is 0.311. The zero-order valence-corrected chi connectivity index (χ0v) is 7.01.